The normalized spacial score (nSPS) is 12.3. The summed E-state index contributed by atoms with van der Waals surface area (Å²) in [7, 11) is 1.63. The fourth-order valence-corrected chi connectivity index (χ4v) is 2.37. The third-order valence-corrected chi connectivity index (χ3v) is 3.57. The van der Waals surface area contributed by atoms with Crippen LogP contribution in [-0.2, 0) is 11.3 Å². The molecule has 0 aliphatic rings. The van der Waals surface area contributed by atoms with Gasteiger partial charge in [0.25, 0.3) is 5.78 Å². The molecule has 0 fully saturated rings. The first-order chi connectivity index (χ1) is 11.7. The van der Waals surface area contributed by atoms with E-state index in [9.17, 15) is 0 Å². The Morgan fingerprint density at radius 3 is 2.83 bits per heavy atom. The molecule has 1 aromatic carbocycles. The van der Waals surface area contributed by atoms with Gasteiger partial charge in [-0.15, -0.1) is 0 Å². The highest BCUT2D eigenvalue weighted by Crippen LogP contribution is 2.17. The van der Waals surface area contributed by atoms with Crippen LogP contribution in [0.4, 0.5) is 5.82 Å². The molecule has 3 aromatic rings. The van der Waals surface area contributed by atoms with E-state index in [1.807, 2.05) is 25.1 Å². The number of ether oxygens (including phenoxy) is 2. The lowest BCUT2D eigenvalue weighted by molar-refractivity contribution is 0.181. The van der Waals surface area contributed by atoms with E-state index in [2.05, 4.69) is 20.4 Å². The number of anilines is 1. The standard InChI is InChI=1S/C16H18ClN5O2/c1-11(24-14-5-3-12(17)4-6-14)8-18-15-7-13(9-23-2)21-16-19-10-20-22(15)16/h3-7,10-11,18H,8-9H2,1-2H3/t11-/m1/s1. The maximum absolute atomic E-state index is 5.87. The van der Waals surface area contributed by atoms with Gasteiger partial charge in [-0.05, 0) is 31.2 Å². The summed E-state index contributed by atoms with van der Waals surface area (Å²) in [5, 5.41) is 8.18. The predicted octanol–water partition coefficient (Wildman–Crippen LogP) is 2.80. The van der Waals surface area contributed by atoms with Crippen molar-refractivity contribution in [2.75, 3.05) is 19.0 Å². The molecular formula is C16H18ClN5O2. The van der Waals surface area contributed by atoms with Crippen LogP contribution >= 0.6 is 11.6 Å². The summed E-state index contributed by atoms with van der Waals surface area (Å²) in [6.07, 6.45) is 1.42. The number of rotatable bonds is 7. The monoisotopic (exact) mass is 347 g/mol. The second kappa shape index (κ2) is 7.46. The van der Waals surface area contributed by atoms with Crippen LogP contribution in [0.25, 0.3) is 5.78 Å². The summed E-state index contributed by atoms with van der Waals surface area (Å²) >= 11 is 5.87. The van der Waals surface area contributed by atoms with E-state index in [4.69, 9.17) is 21.1 Å². The van der Waals surface area contributed by atoms with Crippen LogP contribution in [0.15, 0.2) is 36.7 Å². The summed E-state index contributed by atoms with van der Waals surface area (Å²) < 4.78 is 12.6. The number of fused-ring (bicyclic) bond motifs is 1. The van der Waals surface area contributed by atoms with E-state index in [0.29, 0.717) is 24.0 Å². The Morgan fingerprint density at radius 2 is 2.08 bits per heavy atom. The molecule has 0 saturated carbocycles. The van der Waals surface area contributed by atoms with Crippen molar-refractivity contribution in [3.8, 4) is 5.75 Å². The van der Waals surface area contributed by atoms with Gasteiger partial charge in [0, 0.05) is 18.2 Å². The van der Waals surface area contributed by atoms with E-state index in [-0.39, 0.29) is 6.10 Å². The van der Waals surface area contributed by atoms with Gasteiger partial charge in [-0.25, -0.2) is 4.98 Å². The predicted molar refractivity (Wildman–Crippen MR) is 91.5 cm³/mol. The third-order valence-electron chi connectivity index (χ3n) is 3.32. The molecule has 0 aliphatic heterocycles. The van der Waals surface area contributed by atoms with Crippen LogP contribution in [0.1, 0.15) is 12.6 Å². The molecule has 1 N–H and O–H groups in total. The van der Waals surface area contributed by atoms with Gasteiger partial charge in [-0.2, -0.15) is 14.6 Å². The zero-order valence-corrected chi connectivity index (χ0v) is 14.2. The quantitative estimate of drug-likeness (QED) is 0.708. The summed E-state index contributed by atoms with van der Waals surface area (Å²) in [5.41, 5.74) is 0.784. The first kappa shape index (κ1) is 16.5. The first-order valence-electron chi connectivity index (χ1n) is 7.50. The molecule has 0 saturated heterocycles. The highest BCUT2D eigenvalue weighted by atomic mass is 35.5. The second-order valence-electron chi connectivity index (χ2n) is 5.30. The molecule has 24 heavy (non-hydrogen) atoms. The Bertz CT molecular complexity index is 806. The van der Waals surface area contributed by atoms with Gasteiger partial charge < -0.3 is 14.8 Å². The maximum Gasteiger partial charge on any atom is 0.254 e. The van der Waals surface area contributed by atoms with Crippen LogP contribution in [-0.4, -0.2) is 39.3 Å². The van der Waals surface area contributed by atoms with Crippen molar-refractivity contribution in [3.05, 3.63) is 47.4 Å². The van der Waals surface area contributed by atoms with Crippen LogP contribution in [0.3, 0.4) is 0 Å². The Balaban J connectivity index is 1.68. The van der Waals surface area contributed by atoms with E-state index in [1.54, 1.807) is 23.8 Å². The van der Waals surface area contributed by atoms with Gasteiger partial charge in [0.05, 0.1) is 18.8 Å². The molecule has 0 amide bonds. The van der Waals surface area contributed by atoms with Gasteiger partial charge >= 0.3 is 0 Å². The molecule has 3 rings (SSSR count). The Hall–Kier alpha value is -2.38. The molecule has 0 bridgehead atoms. The first-order valence-corrected chi connectivity index (χ1v) is 7.88. The van der Waals surface area contributed by atoms with Crippen molar-refractivity contribution in [1.82, 2.24) is 19.6 Å². The zero-order chi connectivity index (χ0) is 16.9. The minimum atomic E-state index is -0.0520. The number of aromatic nitrogens is 4. The van der Waals surface area contributed by atoms with Crippen molar-refractivity contribution in [2.24, 2.45) is 0 Å². The van der Waals surface area contributed by atoms with Crippen LogP contribution in [0, 0.1) is 0 Å². The number of hydrogen-bond acceptors (Lipinski definition) is 6. The smallest absolute Gasteiger partial charge is 0.254 e. The van der Waals surface area contributed by atoms with E-state index in [0.717, 1.165) is 17.3 Å². The number of halogens is 1. The molecule has 2 heterocycles. The maximum atomic E-state index is 5.87. The van der Waals surface area contributed by atoms with Crippen molar-refractivity contribution in [2.45, 2.75) is 19.6 Å². The van der Waals surface area contributed by atoms with Crippen molar-refractivity contribution < 1.29 is 9.47 Å². The Morgan fingerprint density at radius 1 is 1.29 bits per heavy atom. The van der Waals surface area contributed by atoms with Crippen molar-refractivity contribution in [1.29, 1.82) is 0 Å². The average molecular weight is 348 g/mol. The van der Waals surface area contributed by atoms with Gasteiger partial charge in [-0.3, -0.25) is 0 Å². The van der Waals surface area contributed by atoms with Crippen LogP contribution in [0.2, 0.25) is 5.02 Å². The number of methoxy groups -OCH3 is 1. The molecule has 1 atom stereocenters. The molecule has 2 aromatic heterocycles. The van der Waals surface area contributed by atoms with Gasteiger partial charge in [0.15, 0.2) is 0 Å². The topological polar surface area (TPSA) is 73.6 Å². The second-order valence-corrected chi connectivity index (χ2v) is 5.74. The van der Waals surface area contributed by atoms with Crippen molar-refractivity contribution in [3.63, 3.8) is 0 Å². The fraction of sp³-hybridized carbons (Fsp3) is 0.312. The Labute approximate surface area is 144 Å². The summed E-state index contributed by atoms with van der Waals surface area (Å²) in [6, 6.07) is 9.18. The molecule has 0 aliphatic carbocycles. The summed E-state index contributed by atoms with van der Waals surface area (Å²) in [5.74, 6) is 2.09. The number of benzene rings is 1. The lowest BCUT2D eigenvalue weighted by Crippen LogP contribution is -2.24. The molecule has 126 valence electrons. The lowest BCUT2D eigenvalue weighted by Gasteiger charge is -2.17. The third kappa shape index (κ3) is 3.93. The molecule has 7 nitrogen and oxygen atoms in total. The summed E-state index contributed by atoms with van der Waals surface area (Å²) in [6.45, 7) is 2.99. The van der Waals surface area contributed by atoms with Crippen LogP contribution in [0.5, 0.6) is 5.75 Å². The summed E-state index contributed by atoms with van der Waals surface area (Å²) in [4.78, 5) is 8.50. The van der Waals surface area contributed by atoms with Crippen LogP contribution < -0.4 is 10.1 Å². The number of hydrogen-bond donors (Lipinski definition) is 1. The largest absolute Gasteiger partial charge is 0.489 e. The zero-order valence-electron chi connectivity index (χ0n) is 13.4. The highest BCUT2D eigenvalue weighted by molar-refractivity contribution is 6.30. The highest BCUT2D eigenvalue weighted by Gasteiger charge is 2.10. The van der Waals surface area contributed by atoms with Crippen molar-refractivity contribution >= 4 is 23.2 Å². The molecule has 0 spiro atoms. The SMILES string of the molecule is COCc1cc(NC[C@@H](C)Oc2ccc(Cl)cc2)n2ncnc2n1. The van der Waals surface area contributed by atoms with E-state index >= 15 is 0 Å². The van der Waals surface area contributed by atoms with Gasteiger partial charge in [-0.1, -0.05) is 11.6 Å². The molecule has 0 radical (unpaired) electrons. The van der Waals surface area contributed by atoms with Gasteiger partial charge in [0.2, 0.25) is 0 Å². The van der Waals surface area contributed by atoms with Gasteiger partial charge in [0.1, 0.15) is 24.0 Å². The molecule has 8 heteroatoms. The minimum Gasteiger partial charge on any atom is -0.489 e. The lowest BCUT2D eigenvalue weighted by atomic mass is 10.3. The average Bonchev–Trinajstić information content (AvgIpc) is 3.04. The van der Waals surface area contributed by atoms with E-state index in [1.165, 1.54) is 6.33 Å². The number of nitrogens with zero attached hydrogens (tertiary/aromatic N) is 4. The number of nitrogens with one attached hydrogen (secondary N) is 1. The fourth-order valence-electron chi connectivity index (χ4n) is 2.24. The molecular weight excluding hydrogens is 330 g/mol. The minimum absolute atomic E-state index is 0.0520. The molecule has 0 unspecified atom stereocenters. The van der Waals surface area contributed by atoms with E-state index < -0.39 is 0 Å². The Kier molecular flexibility index (Phi) is 5.12.